The fraction of sp³-hybridized carbons (Fsp3) is 0.250. The van der Waals surface area contributed by atoms with Crippen LogP contribution in [0.4, 0.5) is 0 Å². The molecule has 1 aromatic carbocycles. The van der Waals surface area contributed by atoms with Crippen molar-refractivity contribution in [3.05, 3.63) is 27.1 Å². The summed E-state index contributed by atoms with van der Waals surface area (Å²) in [6.07, 6.45) is 0. The van der Waals surface area contributed by atoms with Crippen LogP contribution in [0.2, 0.25) is 0 Å². The number of hydrogen-bond acceptors (Lipinski definition) is 2. The number of ether oxygens (including phenoxy) is 2. The lowest BCUT2D eigenvalue weighted by Crippen LogP contribution is -1.99. The molecule has 1 aromatic rings. The third-order valence-corrected chi connectivity index (χ3v) is 3.26. The highest BCUT2D eigenvalue weighted by molar-refractivity contribution is 9.13. The lowest BCUT2D eigenvalue weighted by molar-refractivity contribution is 0.0505. The topological polar surface area (TPSA) is 18.5 Å². The molecule has 0 unspecified atom stereocenters. The van der Waals surface area contributed by atoms with Gasteiger partial charge >= 0.3 is 0 Å². The lowest BCUT2D eigenvalue weighted by Gasteiger charge is -2.07. The first-order valence-corrected chi connectivity index (χ1v) is 4.90. The summed E-state index contributed by atoms with van der Waals surface area (Å²) < 4.78 is 11.9. The van der Waals surface area contributed by atoms with Gasteiger partial charge in [0.25, 0.3) is 0 Å². The number of rotatable bonds is 3. The van der Waals surface area contributed by atoms with Crippen LogP contribution in [0.25, 0.3) is 0 Å². The third-order valence-electron chi connectivity index (χ3n) is 1.25. The molecule has 1 rings (SSSR count). The van der Waals surface area contributed by atoms with Crippen molar-refractivity contribution in [3.63, 3.8) is 0 Å². The summed E-state index contributed by atoms with van der Waals surface area (Å²) in [7, 11) is 1.59. The van der Waals surface area contributed by atoms with Gasteiger partial charge in [0.05, 0.1) is 4.47 Å². The Morgan fingerprint density at radius 1 is 1.33 bits per heavy atom. The van der Waals surface area contributed by atoms with E-state index >= 15 is 0 Å². The molecule has 0 atom stereocenters. The molecule has 0 aliphatic rings. The summed E-state index contributed by atoms with van der Waals surface area (Å²) in [6, 6.07) is 5.71. The van der Waals surface area contributed by atoms with E-state index in [1.807, 2.05) is 18.2 Å². The minimum absolute atomic E-state index is 0.259. The lowest BCUT2D eigenvalue weighted by atomic mass is 10.3. The van der Waals surface area contributed by atoms with Crippen LogP contribution in [0.15, 0.2) is 27.1 Å². The second-order valence-corrected chi connectivity index (χ2v) is 3.75. The smallest absolute Gasteiger partial charge is 0.188 e. The van der Waals surface area contributed by atoms with E-state index in [2.05, 4.69) is 31.9 Å². The molecule has 0 amide bonds. The maximum Gasteiger partial charge on any atom is 0.188 e. The largest absolute Gasteiger partial charge is 0.466 e. The van der Waals surface area contributed by atoms with Crippen molar-refractivity contribution < 1.29 is 9.47 Å². The molecule has 0 fully saturated rings. The maximum absolute atomic E-state index is 5.27. The van der Waals surface area contributed by atoms with Crippen molar-refractivity contribution in [1.29, 1.82) is 0 Å². The van der Waals surface area contributed by atoms with Crippen LogP contribution in [0, 0.1) is 0 Å². The van der Waals surface area contributed by atoms with E-state index in [4.69, 9.17) is 9.47 Å². The molecule has 0 spiro atoms. The first-order chi connectivity index (χ1) is 5.75. The van der Waals surface area contributed by atoms with Crippen LogP contribution < -0.4 is 4.74 Å². The highest BCUT2D eigenvalue weighted by atomic mass is 79.9. The van der Waals surface area contributed by atoms with Crippen LogP contribution in [0.1, 0.15) is 0 Å². The van der Waals surface area contributed by atoms with Gasteiger partial charge in [-0.15, -0.1) is 0 Å². The Balaban J connectivity index is 2.78. The van der Waals surface area contributed by atoms with Gasteiger partial charge in [-0.3, -0.25) is 0 Å². The van der Waals surface area contributed by atoms with E-state index in [1.54, 1.807) is 7.11 Å². The van der Waals surface area contributed by atoms with Crippen LogP contribution in [0.5, 0.6) is 5.75 Å². The molecular weight excluding hydrogens is 288 g/mol. The van der Waals surface area contributed by atoms with Crippen molar-refractivity contribution in [2.75, 3.05) is 13.9 Å². The monoisotopic (exact) mass is 294 g/mol. The maximum atomic E-state index is 5.27. The summed E-state index contributed by atoms with van der Waals surface area (Å²) >= 11 is 6.75. The summed E-state index contributed by atoms with van der Waals surface area (Å²) in [6.45, 7) is 0.259. The molecule has 4 heteroatoms. The molecular formula is C8H8Br2O2. The SMILES string of the molecule is COCOc1cccc(Br)c1Br. The second-order valence-electron chi connectivity index (χ2n) is 2.10. The fourth-order valence-electron chi connectivity index (χ4n) is 0.718. The predicted molar refractivity (Wildman–Crippen MR) is 54.3 cm³/mol. The average Bonchev–Trinajstić information content (AvgIpc) is 2.08. The minimum atomic E-state index is 0.259. The number of benzene rings is 1. The Kier molecular flexibility index (Phi) is 4.05. The zero-order valence-electron chi connectivity index (χ0n) is 6.51. The normalized spacial score (nSPS) is 9.92. The quantitative estimate of drug-likeness (QED) is 0.797. The first kappa shape index (κ1) is 10.0. The summed E-state index contributed by atoms with van der Waals surface area (Å²) in [5, 5.41) is 0. The van der Waals surface area contributed by atoms with Gasteiger partial charge < -0.3 is 9.47 Å². The Hall–Kier alpha value is -0.0600. The van der Waals surface area contributed by atoms with Gasteiger partial charge in [0.1, 0.15) is 5.75 Å². The van der Waals surface area contributed by atoms with Crippen LogP contribution >= 0.6 is 31.9 Å². The molecule has 12 heavy (non-hydrogen) atoms. The van der Waals surface area contributed by atoms with Crippen molar-refractivity contribution in [3.8, 4) is 5.75 Å². The Bertz CT molecular complexity index is 263. The van der Waals surface area contributed by atoms with Crippen molar-refractivity contribution in [2.45, 2.75) is 0 Å². The molecule has 0 aliphatic heterocycles. The molecule has 66 valence electrons. The van der Waals surface area contributed by atoms with Gasteiger partial charge in [-0.1, -0.05) is 6.07 Å². The summed E-state index contributed by atoms with van der Waals surface area (Å²) in [5.74, 6) is 0.770. The molecule has 0 aromatic heterocycles. The predicted octanol–water partition coefficient (Wildman–Crippen LogP) is 3.19. The highest BCUT2D eigenvalue weighted by Crippen LogP contribution is 2.31. The zero-order chi connectivity index (χ0) is 8.97. The van der Waals surface area contributed by atoms with Gasteiger partial charge in [0, 0.05) is 11.6 Å². The molecule has 0 aliphatic carbocycles. The number of hydrogen-bond donors (Lipinski definition) is 0. The second kappa shape index (κ2) is 4.84. The van der Waals surface area contributed by atoms with E-state index in [0.29, 0.717) is 0 Å². The molecule has 0 radical (unpaired) electrons. The Morgan fingerprint density at radius 3 is 2.75 bits per heavy atom. The summed E-state index contributed by atoms with van der Waals surface area (Å²) in [5.41, 5.74) is 0. The van der Waals surface area contributed by atoms with E-state index in [-0.39, 0.29) is 6.79 Å². The van der Waals surface area contributed by atoms with Gasteiger partial charge in [0.2, 0.25) is 0 Å². The highest BCUT2D eigenvalue weighted by Gasteiger charge is 2.02. The minimum Gasteiger partial charge on any atom is -0.466 e. The molecule has 0 heterocycles. The van der Waals surface area contributed by atoms with Crippen molar-refractivity contribution in [2.24, 2.45) is 0 Å². The van der Waals surface area contributed by atoms with Crippen LogP contribution in [-0.4, -0.2) is 13.9 Å². The standard InChI is InChI=1S/C8H8Br2O2/c1-11-5-12-7-4-2-3-6(9)8(7)10/h2-4H,5H2,1H3. The Morgan fingerprint density at radius 2 is 2.08 bits per heavy atom. The molecule has 0 N–H and O–H groups in total. The van der Waals surface area contributed by atoms with Crippen molar-refractivity contribution in [1.82, 2.24) is 0 Å². The van der Waals surface area contributed by atoms with Crippen molar-refractivity contribution >= 4 is 31.9 Å². The van der Waals surface area contributed by atoms with E-state index in [1.165, 1.54) is 0 Å². The van der Waals surface area contributed by atoms with Gasteiger partial charge in [-0.25, -0.2) is 0 Å². The van der Waals surface area contributed by atoms with Gasteiger partial charge in [0.15, 0.2) is 6.79 Å². The van der Waals surface area contributed by atoms with Gasteiger partial charge in [-0.05, 0) is 44.0 Å². The summed E-state index contributed by atoms with van der Waals surface area (Å²) in [4.78, 5) is 0. The molecule has 2 nitrogen and oxygen atoms in total. The van der Waals surface area contributed by atoms with E-state index < -0.39 is 0 Å². The van der Waals surface area contributed by atoms with Gasteiger partial charge in [-0.2, -0.15) is 0 Å². The van der Waals surface area contributed by atoms with Crippen LogP contribution in [0.3, 0.4) is 0 Å². The Labute approximate surface area is 88.1 Å². The van der Waals surface area contributed by atoms with E-state index in [9.17, 15) is 0 Å². The molecule has 0 saturated carbocycles. The number of methoxy groups -OCH3 is 1. The first-order valence-electron chi connectivity index (χ1n) is 3.31. The van der Waals surface area contributed by atoms with Crippen LogP contribution in [-0.2, 0) is 4.74 Å². The average molecular weight is 296 g/mol. The van der Waals surface area contributed by atoms with E-state index in [0.717, 1.165) is 14.7 Å². The third kappa shape index (κ3) is 2.47. The zero-order valence-corrected chi connectivity index (χ0v) is 9.68. The fourth-order valence-corrected chi connectivity index (χ4v) is 1.44. The molecule has 0 bridgehead atoms. The molecule has 0 saturated heterocycles. The number of halogens is 2.